The van der Waals surface area contributed by atoms with Crippen molar-refractivity contribution in [1.29, 1.82) is 0 Å². The highest BCUT2D eigenvalue weighted by atomic mass is 32.2. The Morgan fingerprint density at radius 3 is 3.12 bits per heavy atom. The van der Waals surface area contributed by atoms with Crippen LogP contribution in [0.1, 0.15) is 17.3 Å². The average Bonchev–Trinajstić information content (AvgIpc) is 2.28. The second-order valence-electron chi connectivity index (χ2n) is 3.87. The summed E-state index contributed by atoms with van der Waals surface area (Å²) in [6.45, 7) is 3.64. The Kier molecular flexibility index (Phi) is 3.33. The summed E-state index contributed by atoms with van der Waals surface area (Å²) in [5, 5.41) is 0.472. The summed E-state index contributed by atoms with van der Waals surface area (Å²) in [5.74, 6) is 0.925. The lowest BCUT2D eigenvalue weighted by Gasteiger charge is -2.30. The van der Waals surface area contributed by atoms with Crippen LogP contribution in [-0.4, -0.2) is 39.9 Å². The van der Waals surface area contributed by atoms with Crippen molar-refractivity contribution in [1.82, 2.24) is 9.88 Å². The Morgan fingerprint density at radius 1 is 1.62 bits per heavy atom. The van der Waals surface area contributed by atoms with Gasteiger partial charge in [-0.3, -0.25) is 9.59 Å². The molecule has 5 heteroatoms. The van der Waals surface area contributed by atoms with E-state index in [2.05, 4.69) is 11.9 Å². The number of aromatic amines is 1. The largest absolute Gasteiger partial charge is 0.337 e. The quantitative estimate of drug-likeness (QED) is 0.792. The number of rotatable bonds is 1. The first kappa shape index (κ1) is 11.3. The fraction of sp³-hybridized carbons (Fsp3) is 0.455. The first-order chi connectivity index (χ1) is 7.66. The molecule has 1 aliphatic rings. The van der Waals surface area contributed by atoms with Crippen molar-refractivity contribution in [3.05, 3.63) is 34.2 Å². The van der Waals surface area contributed by atoms with E-state index in [9.17, 15) is 9.59 Å². The maximum absolute atomic E-state index is 12.1. The molecule has 2 rings (SSSR count). The van der Waals surface area contributed by atoms with Crippen LogP contribution in [0.3, 0.4) is 0 Å². The maximum atomic E-state index is 12.1. The Morgan fingerprint density at radius 2 is 2.44 bits per heavy atom. The molecular formula is C11H14N2O2S. The molecule has 1 aromatic rings. The molecule has 0 saturated carbocycles. The third kappa shape index (κ3) is 2.47. The topological polar surface area (TPSA) is 53.2 Å². The van der Waals surface area contributed by atoms with Crippen molar-refractivity contribution in [3.63, 3.8) is 0 Å². The van der Waals surface area contributed by atoms with Gasteiger partial charge >= 0.3 is 0 Å². The number of amides is 1. The minimum atomic E-state index is -0.231. The molecular weight excluding hydrogens is 224 g/mol. The van der Waals surface area contributed by atoms with Gasteiger partial charge in [0.2, 0.25) is 5.56 Å². The number of hydrogen-bond acceptors (Lipinski definition) is 3. The Bertz CT molecular complexity index is 444. The lowest BCUT2D eigenvalue weighted by molar-refractivity contribution is 0.0763. The lowest BCUT2D eigenvalue weighted by Crippen LogP contribution is -2.41. The SMILES string of the molecule is CC1CN(C(=O)c2cc[nH]c(=O)c2)CCS1. The van der Waals surface area contributed by atoms with E-state index in [1.807, 2.05) is 16.7 Å². The summed E-state index contributed by atoms with van der Waals surface area (Å²) in [7, 11) is 0. The second kappa shape index (κ2) is 4.74. The number of thioether (sulfide) groups is 1. The zero-order valence-corrected chi connectivity index (χ0v) is 9.92. The molecule has 1 aromatic heterocycles. The van der Waals surface area contributed by atoms with Gasteiger partial charge in [0, 0.05) is 41.9 Å². The van der Waals surface area contributed by atoms with Crippen LogP contribution in [0.15, 0.2) is 23.1 Å². The van der Waals surface area contributed by atoms with E-state index in [-0.39, 0.29) is 11.5 Å². The van der Waals surface area contributed by atoms with Crippen LogP contribution in [0.4, 0.5) is 0 Å². The summed E-state index contributed by atoms with van der Waals surface area (Å²) < 4.78 is 0. The van der Waals surface area contributed by atoms with Crippen LogP contribution >= 0.6 is 11.8 Å². The molecule has 1 atom stereocenters. The summed E-state index contributed by atoms with van der Waals surface area (Å²) in [6, 6.07) is 3.00. The molecule has 0 aliphatic carbocycles. The van der Waals surface area contributed by atoms with Gasteiger partial charge in [-0.05, 0) is 6.07 Å². The molecule has 0 spiro atoms. The van der Waals surface area contributed by atoms with E-state index in [1.165, 1.54) is 12.3 Å². The number of aromatic nitrogens is 1. The standard InChI is InChI=1S/C11H14N2O2S/c1-8-7-13(4-5-16-8)11(15)9-2-3-12-10(14)6-9/h2-3,6,8H,4-5,7H2,1H3,(H,12,14). The normalized spacial score (nSPS) is 20.8. The molecule has 16 heavy (non-hydrogen) atoms. The number of nitrogens with one attached hydrogen (secondary N) is 1. The van der Waals surface area contributed by atoms with Crippen molar-refractivity contribution < 1.29 is 4.79 Å². The average molecular weight is 238 g/mol. The Hall–Kier alpha value is -1.23. The smallest absolute Gasteiger partial charge is 0.254 e. The first-order valence-electron chi connectivity index (χ1n) is 5.26. The zero-order valence-electron chi connectivity index (χ0n) is 9.10. The monoisotopic (exact) mass is 238 g/mol. The van der Waals surface area contributed by atoms with Gasteiger partial charge in [0.05, 0.1) is 0 Å². The van der Waals surface area contributed by atoms with Crippen molar-refractivity contribution in [2.24, 2.45) is 0 Å². The third-order valence-electron chi connectivity index (χ3n) is 2.55. The van der Waals surface area contributed by atoms with Crippen LogP contribution in [0.2, 0.25) is 0 Å². The van der Waals surface area contributed by atoms with E-state index in [0.29, 0.717) is 10.8 Å². The maximum Gasteiger partial charge on any atom is 0.254 e. The molecule has 2 heterocycles. The summed E-state index contributed by atoms with van der Waals surface area (Å²) in [6.07, 6.45) is 1.51. The predicted octanol–water partition coefficient (Wildman–Crippen LogP) is 0.952. The Balaban J connectivity index is 2.15. The summed E-state index contributed by atoms with van der Waals surface area (Å²) in [4.78, 5) is 27.5. The molecule has 86 valence electrons. The fourth-order valence-corrected chi connectivity index (χ4v) is 2.78. The summed E-state index contributed by atoms with van der Waals surface area (Å²) in [5.41, 5.74) is 0.244. The molecule has 1 fully saturated rings. The van der Waals surface area contributed by atoms with Crippen molar-refractivity contribution >= 4 is 17.7 Å². The highest BCUT2D eigenvalue weighted by Gasteiger charge is 2.22. The minimum Gasteiger partial charge on any atom is -0.337 e. The van der Waals surface area contributed by atoms with Gasteiger partial charge < -0.3 is 9.88 Å². The number of H-pyrrole nitrogens is 1. The molecule has 1 saturated heterocycles. The molecule has 0 radical (unpaired) electrons. The minimum absolute atomic E-state index is 0.0433. The molecule has 1 unspecified atom stereocenters. The highest BCUT2D eigenvalue weighted by molar-refractivity contribution is 7.99. The molecule has 4 nitrogen and oxygen atoms in total. The van der Waals surface area contributed by atoms with Crippen molar-refractivity contribution in [3.8, 4) is 0 Å². The van der Waals surface area contributed by atoms with Gasteiger partial charge in [0.15, 0.2) is 0 Å². The van der Waals surface area contributed by atoms with Gasteiger partial charge in [0.1, 0.15) is 0 Å². The molecule has 1 aliphatic heterocycles. The number of carbonyl (C=O) groups is 1. The number of pyridine rings is 1. The molecule has 0 aromatic carbocycles. The third-order valence-corrected chi connectivity index (χ3v) is 3.69. The van der Waals surface area contributed by atoms with Gasteiger partial charge in [0.25, 0.3) is 5.91 Å². The molecule has 1 amide bonds. The van der Waals surface area contributed by atoms with Gasteiger partial charge in [-0.1, -0.05) is 6.92 Å². The first-order valence-corrected chi connectivity index (χ1v) is 6.31. The van der Waals surface area contributed by atoms with Crippen LogP contribution in [0, 0.1) is 0 Å². The van der Waals surface area contributed by atoms with Crippen molar-refractivity contribution in [2.45, 2.75) is 12.2 Å². The van der Waals surface area contributed by atoms with E-state index in [0.717, 1.165) is 18.8 Å². The van der Waals surface area contributed by atoms with E-state index in [4.69, 9.17) is 0 Å². The lowest BCUT2D eigenvalue weighted by atomic mass is 10.2. The van der Waals surface area contributed by atoms with Gasteiger partial charge in [-0.2, -0.15) is 11.8 Å². The van der Waals surface area contributed by atoms with E-state index < -0.39 is 0 Å². The zero-order chi connectivity index (χ0) is 11.5. The molecule has 1 N–H and O–H groups in total. The van der Waals surface area contributed by atoms with E-state index >= 15 is 0 Å². The Labute approximate surface area is 98.0 Å². The van der Waals surface area contributed by atoms with Crippen LogP contribution in [0.5, 0.6) is 0 Å². The van der Waals surface area contributed by atoms with Crippen LogP contribution in [-0.2, 0) is 0 Å². The van der Waals surface area contributed by atoms with Gasteiger partial charge in [-0.25, -0.2) is 0 Å². The fourth-order valence-electron chi connectivity index (χ4n) is 1.76. The molecule has 0 bridgehead atoms. The van der Waals surface area contributed by atoms with Crippen LogP contribution in [0.25, 0.3) is 0 Å². The number of hydrogen-bond donors (Lipinski definition) is 1. The predicted molar refractivity (Wildman–Crippen MR) is 64.9 cm³/mol. The highest BCUT2D eigenvalue weighted by Crippen LogP contribution is 2.19. The summed E-state index contributed by atoms with van der Waals surface area (Å²) >= 11 is 1.88. The van der Waals surface area contributed by atoms with Gasteiger partial charge in [-0.15, -0.1) is 0 Å². The number of carbonyl (C=O) groups excluding carboxylic acids is 1. The van der Waals surface area contributed by atoms with Crippen molar-refractivity contribution in [2.75, 3.05) is 18.8 Å². The van der Waals surface area contributed by atoms with E-state index in [1.54, 1.807) is 6.07 Å². The second-order valence-corrected chi connectivity index (χ2v) is 5.42. The van der Waals surface area contributed by atoms with Crippen LogP contribution < -0.4 is 5.56 Å². The number of nitrogens with zero attached hydrogens (tertiary/aromatic N) is 1.